The Morgan fingerprint density at radius 3 is 2.76 bits per heavy atom. The Balaban J connectivity index is 2.59. The molecule has 0 bridgehead atoms. The average molecular weight is 242 g/mol. The van der Waals surface area contributed by atoms with Crippen LogP contribution in [0.4, 0.5) is 0 Å². The lowest BCUT2D eigenvalue weighted by molar-refractivity contribution is -0.138. The molecule has 0 aliphatic heterocycles. The van der Waals surface area contributed by atoms with Crippen molar-refractivity contribution in [3.63, 3.8) is 0 Å². The van der Waals surface area contributed by atoms with E-state index in [1.165, 1.54) is 13.1 Å². The van der Waals surface area contributed by atoms with E-state index in [1.807, 2.05) is 0 Å². The van der Waals surface area contributed by atoms with Gasteiger partial charge in [0.2, 0.25) is 0 Å². The smallest absolute Gasteiger partial charge is 0.330 e. The van der Waals surface area contributed by atoms with Crippen LogP contribution in [0.15, 0.2) is 6.20 Å². The van der Waals surface area contributed by atoms with E-state index >= 15 is 0 Å². The number of ether oxygens (including phenoxy) is 1. The minimum absolute atomic E-state index is 0.0279. The highest BCUT2D eigenvalue weighted by Gasteiger charge is 2.16. The molecule has 0 amide bonds. The zero-order valence-electron chi connectivity index (χ0n) is 9.21. The third-order valence-corrected chi connectivity index (χ3v) is 1.93. The topological polar surface area (TPSA) is 144 Å². The molecule has 0 aliphatic carbocycles. The lowest BCUT2D eigenvalue weighted by Crippen LogP contribution is -2.32. The summed E-state index contributed by atoms with van der Waals surface area (Å²) in [5, 5.41) is 8.61. The summed E-state index contributed by atoms with van der Waals surface area (Å²) in [6, 6.07) is -1.82. The molecule has 0 aromatic carbocycles. The molecule has 1 heterocycles. The van der Waals surface area contributed by atoms with Crippen LogP contribution in [-0.2, 0) is 16.0 Å². The lowest BCUT2D eigenvalue weighted by Gasteiger charge is -2.04. The number of imidazole rings is 1. The normalized spacial score (nSPS) is 14.1. The number of hydrogen-bond acceptors (Lipinski definition) is 6. The minimum Gasteiger partial charge on any atom is -0.480 e. The number of carbonyl (C=O) groups is 2. The number of nitrogens with one attached hydrogen (secondary N) is 1. The lowest BCUT2D eigenvalue weighted by atomic mass is 10.2. The van der Waals surface area contributed by atoms with E-state index in [4.69, 9.17) is 21.3 Å². The zero-order valence-corrected chi connectivity index (χ0v) is 9.21. The van der Waals surface area contributed by atoms with Crippen molar-refractivity contribution >= 4 is 11.9 Å². The number of H-pyrrole nitrogens is 1. The fraction of sp³-hybridized carbons (Fsp3) is 0.444. The van der Waals surface area contributed by atoms with Crippen LogP contribution in [0.25, 0.3) is 0 Å². The summed E-state index contributed by atoms with van der Waals surface area (Å²) in [4.78, 5) is 28.0. The average Bonchev–Trinajstić information content (AvgIpc) is 2.65. The highest BCUT2D eigenvalue weighted by atomic mass is 16.5. The molecule has 0 aliphatic rings. The van der Waals surface area contributed by atoms with Crippen molar-refractivity contribution in [3.05, 3.63) is 11.9 Å². The third-order valence-electron chi connectivity index (χ3n) is 1.93. The Morgan fingerprint density at radius 1 is 1.59 bits per heavy atom. The van der Waals surface area contributed by atoms with Crippen molar-refractivity contribution in [2.45, 2.75) is 25.4 Å². The van der Waals surface area contributed by atoms with Gasteiger partial charge in [0.15, 0.2) is 0 Å². The van der Waals surface area contributed by atoms with Crippen molar-refractivity contribution in [2.24, 2.45) is 11.5 Å². The molecule has 8 heteroatoms. The van der Waals surface area contributed by atoms with Gasteiger partial charge in [-0.2, -0.15) is 0 Å². The number of carbonyl (C=O) groups excluding carboxylic acids is 1. The van der Waals surface area contributed by atoms with Crippen molar-refractivity contribution in [1.82, 2.24) is 9.97 Å². The van der Waals surface area contributed by atoms with Crippen LogP contribution in [0.3, 0.4) is 0 Å². The fourth-order valence-electron chi connectivity index (χ4n) is 1.01. The fourth-order valence-corrected chi connectivity index (χ4v) is 1.01. The molecule has 2 unspecified atom stereocenters. The van der Waals surface area contributed by atoms with Crippen LogP contribution in [0.2, 0.25) is 0 Å². The predicted molar refractivity (Wildman–Crippen MR) is 57.2 cm³/mol. The van der Waals surface area contributed by atoms with Gasteiger partial charge < -0.3 is 26.3 Å². The summed E-state index contributed by atoms with van der Waals surface area (Å²) < 4.78 is 4.78. The Bertz CT molecular complexity index is 415. The van der Waals surface area contributed by atoms with Crippen molar-refractivity contribution in [2.75, 3.05) is 0 Å². The molecule has 17 heavy (non-hydrogen) atoms. The molecule has 0 spiro atoms. The predicted octanol–water partition coefficient (Wildman–Crippen LogP) is -1.38. The molecule has 2 atom stereocenters. The Morgan fingerprint density at radius 2 is 2.24 bits per heavy atom. The number of aromatic nitrogens is 2. The first-order valence-electron chi connectivity index (χ1n) is 4.89. The van der Waals surface area contributed by atoms with Gasteiger partial charge in [-0.3, -0.25) is 4.79 Å². The molecule has 6 N–H and O–H groups in total. The standard InChI is InChI=1S/C9H14N4O4/c1-4(10)8(16)17-9-12-3-5(13-9)2-6(11)7(14)15/h3-4,6H,2,10-11H2,1H3,(H,12,13)(H,14,15). The van der Waals surface area contributed by atoms with Crippen molar-refractivity contribution < 1.29 is 19.4 Å². The van der Waals surface area contributed by atoms with E-state index in [0.29, 0.717) is 5.69 Å². The molecule has 0 fully saturated rings. The number of carboxylic acid groups (broad SMARTS) is 1. The molecule has 0 radical (unpaired) electrons. The van der Waals surface area contributed by atoms with Gasteiger partial charge in [-0.05, 0) is 6.92 Å². The second-order valence-electron chi connectivity index (χ2n) is 3.57. The highest BCUT2D eigenvalue weighted by Crippen LogP contribution is 2.07. The second kappa shape index (κ2) is 5.41. The van der Waals surface area contributed by atoms with Crippen LogP contribution in [-0.4, -0.2) is 39.1 Å². The monoisotopic (exact) mass is 242 g/mol. The maximum absolute atomic E-state index is 11.1. The van der Waals surface area contributed by atoms with E-state index in [2.05, 4.69) is 9.97 Å². The maximum Gasteiger partial charge on any atom is 0.330 e. The second-order valence-corrected chi connectivity index (χ2v) is 3.57. The third kappa shape index (κ3) is 3.85. The molecule has 94 valence electrons. The quantitative estimate of drug-likeness (QED) is 0.465. The SMILES string of the molecule is CC(N)C(=O)Oc1ncc(CC(N)C(=O)O)[nH]1. The van der Waals surface area contributed by atoms with E-state index in [1.54, 1.807) is 0 Å². The highest BCUT2D eigenvalue weighted by molar-refractivity contribution is 5.76. The van der Waals surface area contributed by atoms with Gasteiger partial charge in [0.05, 0.1) is 6.20 Å². The zero-order chi connectivity index (χ0) is 13.0. The summed E-state index contributed by atoms with van der Waals surface area (Å²) in [5.74, 6) is -1.75. The number of rotatable bonds is 5. The summed E-state index contributed by atoms with van der Waals surface area (Å²) in [5.41, 5.74) is 11.1. The maximum atomic E-state index is 11.1. The van der Waals surface area contributed by atoms with Gasteiger partial charge in [0.1, 0.15) is 12.1 Å². The first-order chi connectivity index (χ1) is 7.90. The van der Waals surface area contributed by atoms with Gasteiger partial charge in [-0.1, -0.05) is 0 Å². The van der Waals surface area contributed by atoms with Crippen LogP contribution in [0.5, 0.6) is 6.01 Å². The molecule has 8 nitrogen and oxygen atoms in total. The first-order valence-corrected chi connectivity index (χ1v) is 4.89. The van der Waals surface area contributed by atoms with E-state index in [-0.39, 0.29) is 12.4 Å². The molecule has 1 rings (SSSR count). The molecule has 1 aromatic heterocycles. The van der Waals surface area contributed by atoms with E-state index in [9.17, 15) is 9.59 Å². The molecule has 0 saturated heterocycles. The number of carboxylic acids is 1. The van der Waals surface area contributed by atoms with Crippen LogP contribution >= 0.6 is 0 Å². The summed E-state index contributed by atoms with van der Waals surface area (Å²) in [7, 11) is 0. The molecular weight excluding hydrogens is 228 g/mol. The minimum atomic E-state index is -1.12. The van der Waals surface area contributed by atoms with Gasteiger partial charge in [0, 0.05) is 12.1 Å². The van der Waals surface area contributed by atoms with Crippen molar-refractivity contribution in [1.29, 1.82) is 0 Å². The Labute approximate surface area is 97.0 Å². The molecule has 0 saturated carbocycles. The van der Waals surface area contributed by atoms with Crippen molar-refractivity contribution in [3.8, 4) is 6.01 Å². The number of hydrogen-bond donors (Lipinski definition) is 4. The van der Waals surface area contributed by atoms with Gasteiger partial charge >= 0.3 is 17.9 Å². The summed E-state index contributed by atoms with van der Waals surface area (Å²) >= 11 is 0. The Kier molecular flexibility index (Phi) is 4.18. The van der Waals surface area contributed by atoms with Gasteiger partial charge in [-0.15, -0.1) is 0 Å². The number of aromatic amines is 1. The van der Waals surface area contributed by atoms with Crippen LogP contribution in [0, 0.1) is 0 Å². The molecular formula is C9H14N4O4. The van der Waals surface area contributed by atoms with Gasteiger partial charge in [0.25, 0.3) is 0 Å². The van der Waals surface area contributed by atoms with E-state index < -0.39 is 24.0 Å². The van der Waals surface area contributed by atoms with Gasteiger partial charge in [-0.25, -0.2) is 9.78 Å². The summed E-state index contributed by atoms with van der Waals surface area (Å²) in [6.07, 6.45) is 1.42. The largest absolute Gasteiger partial charge is 0.480 e. The summed E-state index contributed by atoms with van der Waals surface area (Å²) in [6.45, 7) is 1.48. The van der Waals surface area contributed by atoms with Crippen LogP contribution in [0.1, 0.15) is 12.6 Å². The van der Waals surface area contributed by atoms with E-state index in [0.717, 1.165) is 0 Å². The number of nitrogens with zero attached hydrogens (tertiary/aromatic N) is 1. The van der Waals surface area contributed by atoms with Crippen LogP contribution < -0.4 is 16.2 Å². The number of nitrogens with two attached hydrogens (primary N) is 2. The Hall–Kier alpha value is -1.93. The number of aliphatic carboxylic acids is 1. The number of esters is 1. The first kappa shape index (κ1) is 13.1. The molecule has 1 aromatic rings.